The first kappa shape index (κ1) is 19.4. The fourth-order valence-electron chi connectivity index (χ4n) is 2.72. The summed E-state index contributed by atoms with van der Waals surface area (Å²) in [5.41, 5.74) is 1.29. The van der Waals surface area contributed by atoms with Crippen molar-refractivity contribution in [3.63, 3.8) is 0 Å². The molecule has 2 heterocycles. The molecule has 8 nitrogen and oxygen atoms in total. The Morgan fingerprint density at radius 1 is 1.30 bits per heavy atom. The predicted octanol–water partition coefficient (Wildman–Crippen LogP) is 1.81. The van der Waals surface area contributed by atoms with Crippen LogP contribution < -0.4 is 10.6 Å². The fraction of sp³-hybridized carbons (Fsp3) is 0.353. The van der Waals surface area contributed by atoms with Crippen molar-refractivity contribution in [3.8, 4) is 5.69 Å². The smallest absolute Gasteiger partial charge is 0.314 e. The van der Waals surface area contributed by atoms with Crippen molar-refractivity contribution in [1.29, 1.82) is 0 Å². The topological polar surface area (TPSA) is 110 Å². The lowest BCUT2D eigenvalue weighted by Gasteiger charge is -2.13. The second-order valence-electron chi connectivity index (χ2n) is 6.43. The number of nitrogens with one attached hydrogen (secondary N) is 2. The lowest BCUT2D eigenvalue weighted by Crippen LogP contribution is -2.40. The third-order valence-corrected chi connectivity index (χ3v) is 5.95. The van der Waals surface area contributed by atoms with Gasteiger partial charge in [0.15, 0.2) is 9.84 Å². The van der Waals surface area contributed by atoms with Gasteiger partial charge < -0.3 is 10.6 Å². The largest absolute Gasteiger partial charge is 0.345 e. The van der Waals surface area contributed by atoms with Gasteiger partial charge in [0.05, 0.1) is 22.9 Å². The van der Waals surface area contributed by atoms with E-state index >= 15 is 0 Å². The Morgan fingerprint density at radius 2 is 2.04 bits per heavy atom. The van der Waals surface area contributed by atoms with E-state index in [4.69, 9.17) is 11.6 Å². The van der Waals surface area contributed by atoms with E-state index < -0.39 is 21.7 Å². The zero-order chi connectivity index (χ0) is 19.8. The maximum absolute atomic E-state index is 12.3. The van der Waals surface area contributed by atoms with Crippen molar-refractivity contribution in [2.24, 2.45) is 0 Å². The monoisotopic (exact) mass is 410 g/mol. The van der Waals surface area contributed by atoms with Gasteiger partial charge in [0, 0.05) is 16.6 Å². The predicted molar refractivity (Wildman–Crippen MR) is 101 cm³/mol. The Morgan fingerprint density at radius 3 is 2.70 bits per heavy atom. The Labute approximate surface area is 161 Å². The Kier molecular flexibility index (Phi) is 5.25. The molecule has 0 unspecified atom stereocenters. The molecule has 1 atom stereocenters. The van der Waals surface area contributed by atoms with Gasteiger partial charge in [-0.1, -0.05) is 24.6 Å². The molecular formula is C17H19ClN4O4S. The molecule has 1 aliphatic rings. The van der Waals surface area contributed by atoms with E-state index in [0.29, 0.717) is 28.4 Å². The Bertz CT molecular complexity index is 1020. The highest BCUT2D eigenvalue weighted by Gasteiger charge is 2.34. The molecule has 144 valence electrons. The molecule has 3 rings (SSSR count). The fourth-order valence-corrected chi connectivity index (χ4v) is 4.40. The number of nitrogens with zero attached hydrogens (tertiary/aromatic N) is 2. The molecule has 0 aliphatic carbocycles. The lowest BCUT2D eigenvalue weighted by molar-refractivity contribution is -0.136. The standard InChI is InChI=1S/C17H19ClN4O4S/c1-3-10(2)19-16(23)17(24)20-15-13-8-27(25,26)9-14(13)21-22(15)12-6-4-5-11(18)7-12/h4-7,10H,3,8-9H2,1-2H3,(H,19,23)(H,20,24)/t10-/m1/s1. The van der Waals surface area contributed by atoms with Gasteiger partial charge >= 0.3 is 11.8 Å². The molecular weight excluding hydrogens is 392 g/mol. The molecule has 0 saturated heterocycles. The van der Waals surface area contributed by atoms with Crippen LogP contribution in [0, 0.1) is 0 Å². The minimum Gasteiger partial charge on any atom is -0.345 e. The summed E-state index contributed by atoms with van der Waals surface area (Å²) in [6, 6.07) is 6.59. The number of hydrogen-bond acceptors (Lipinski definition) is 5. The zero-order valence-corrected chi connectivity index (χ0v) is 16.4. The van der Waals surface area contributed by atoms with Crippen LogP contribution in [0.1, 0.15) is 31.5 Å². The Balaban J connectivity index is 1.98. The molecule has 2 amide bonds. The maximum atomic E-state index is 12.3. The van der Waals surface area contributed by atoms with Gasteiger partial charge in [0.2, 0.25) is 0 Å². The van der Waals surface area contributed by atoms with Gasteiger partial charge in [-0.25, -0.2) is 13.1 Å². The number of amides is 2. The summed E-state index contributed by atoms with van der Waals surface area (Å²) in [5, 5.41) is 9.87. The van der Waals surface area contributed by atoms with Gasteiger partial charge in [-0.3, -0.25) is 9.59 Å². The highest BCUT2D eigenvalue weighted by Crippen LogP contribution is 2.33. The van der Waals surface area contributed by atoms with Crippen LogP contribution in [0.2, 0.25) is 5.02 Å². The number of halogens is 1. The van der Waals surface area contributed by atoms with Crippen LogP contribution >= 0.6 is 11.6 Å². The van der Waals surface area contributed by atoms with Gasteiger partial charge in [0.1, 0.15) is 5.82 Å². The number of aromatic nitrogens is 2. The maximum Gasteiger partial charge on any atom is 0.314 e. The third-order valence-electron chi connectivity index (χ3n) is 4.27. The van der Waals surface area contributed by atoms with Crippen LogP contribution in [0.25, 0.3) is 5.69 Å². The van der Waals surface area contributed by atoms with Crippen molar-refractivity contribution in [2.45, 2.75) is 37.8 Å². The van der Waals surface area contributed by atoms with Gasteiger partial charge in [-0.05, 0) is 31.5 Å². The summed E-state index contributed by atoms with van der Waals surface area (Å²) in [7, 11) is -3.32. The van der Waals surface area contributed by atoms with E-state index in [1.54, 1.807) is 31.2 Å². The molecule has 0 radical (unpaired) electrons. The van der Waals surface area contributed by atoms with E-state index in [1.807, 2.05) is 6.92 Å². The first-order valence-electron chi connectivity index (χ1n) is 8.39. The van der Waals surface area contributed by atoms with Crippen LogP contribution in [-0.4, -0.2) is 36.1 Å². The number of sulfone groups is 1. The molecule has 1 aromatic heterocycles. The molecule has 1 aromatic carbocycles. The van der Waals surface area contributed by atoms with E-state index in [-0.39, 0.29) is 23.4 Å². The zero-order valence-electron chi connectivity index (χ0n) is 14.8. The minimum absolute atomic E-state index is 0.160. The minimum atomic E-state index is -3.32. The number of hydrogen-bond donors (Lipinski definition) is 2. The quantitative estimate of drug-likeness (QED) is 0.747. The number of fused-ring (bicyclic) bond motifs is 1. The molecule has 2 aromatic rings. The van der Waals surface area contributed by atoms with E-state index in [0.717, 1.165) is 0 Å². The molecule has 2 N–H and O–H groups in total. The lowest BCUT2D eigenvalue weighted by atomic mass is 10.2. The first-order valence-corrected chi connectivity index (χ1v) is 10.6. The average Bonchev–Trinajstić information content (AvgIpc) is 3.07. The molecule has 27 heavy (non-hydrogen) atoms. The van der Waals surface area contributed by atoms with Crippen molar-refractivity contribution >= 4 is 39.1 Å². The van der Waals surface area contributed by atoms with E-state index in [2.05, 4.69) is 15.7 Å². The van der Waals surface area contributed by atoms with Gasteiger partial charge in [0.25, 0.3) is 0 Å². The van der Waals surface area contributed by atoms with Crippen LogP contribution in [-0.2, 0) is 30.9 Å². The second-order valence-corrected chi connectivity index (χ2v) is 8.94. The van der Waals surface area contributed by atoms with Crippen molar-refractivity contribution < 1.29 is 18.0 Å². The summed E-state index contributed by atoms with van der Waals surface area (Å²) < 4.78 is 25.3. The Hall–Kier alpha value is -2.39. The summed E-state index contributed by atoms with van der Waals surface area (Å²) >= 11 is 6.03. The molecule has 10 heteroatoms. The number of carbonyl (C=O) groups excluding carboxylic acids is 2. The van der Waals surface area contributed by atoms with Crippen LogP contribution in [0.15, 0.2) is 24.3 Å². The normalized spacial score (nSPS) is 15.8. The first-order chi connectivity index (χ1) is 12.7. The molecule has 1 aliphatic heterocycles. The number of rotatable bonds is 4. The summed E-state index contributed by atoms with van der Waals surface area (Å²) in [5.74, 6) is -1.97. The van der Waals surface area contributed by atoms with Crippen LogP contribution in [0.3, 0.4) is 0 Å². The van der Waals surface area contributed by atoms with Gasteiger partial charge in [-0.15, -0.1) is 0 Å². The second kappa shape index (κ2) is 7.32. The van der Waals surface area contributed by atoms with E-state index in [1.165, 1.54) is 4.68 Å². The summed E-state index contributed by atoms with van der Waals surface area (Å²) in [6.45, 7) is 3.67. The molecule has 0 spiro atoms. The number of carbonyl (C=O) groups is 2. The summed E-state index contributed by atoms with van der Waals surface area (Å²) in [4.78, 5) is 24.4. The van der Waals surface area contributed by atoms with Crippen LogP contribution in [0.5, 0.6) is 0 Å². The number of anilines is 1. The van der Waals surface area contributed by atoms with Crippen molar-refractivity contribution in [2.75, 3.05) is 5.32 Å². The highest BCUT2D eigenvalue weighted by molar-refractivity contribution is 7.90. The summed E-state index contributed by atoms with van der Waals surface area (Å²) in [6.07, 6.45) is 0.674. The highest BCUT2D eigenvalue weighted by atomic mass is 35.5. The van der Waals surface area contributed by atoms with Gasteiger partial charge in [-0.2, -0.15) is 5.10 Å². The van der Waals surface area contributed by atoms with Crippen molar-refractivity contribution in [3.05, 3.63) is 40.5 Å². The third kappa shape index (κ3) is 4.14. The SMILES string of the molecule is CC[C@@H](C)NC(=O)C(=O)Nc1c2c(nn1-c1cccc(Cl)c1)CS(=O)(=O)C2. The van der Waals surface area contributed by atoms with E-state index in [9.17, 15) is 18.0 Å². The average molecular weight is 411 g/mol. The molecule has 0 bridgehead atoms. The van der Waals surface area contributed by atoms with Crippen molar-refractivity contribution in [1.82, 2.24) is 15.1 Å². The molecule has 0 saturated carbocycles. The van der Waals surface area contributed by atoms with Crippen LogP contribution in [0.4, 0.5) is 5.82 Å². The number of benzene rings is 1. The molecule has 0 fully saturated rings.